The van der Waals surface area contributed by atoms with Gasteiger partial charge in [0.1, 0.15) is 0 Å². The van der Waals surface area contributed by atoms with Crippen LogP contribution in [0.3, 0.4) is 0 Å². The summed E-state index contributed by atoms with van der Waals surface area (Å²) in [7, 11) is 0. The average Bonchev–Trinajstić information content (AvgIpc) is 2.64. The predicted molar refractivity (Wildman–Crippen MR) is 54.5 cm³/mol. The monoisotopic (exact) mass is 214 g/mol. The minimum atomic E-state index is -0.975. The van der Waals surface area contributed by atoms with Crippen molar-refractivity contribution in [3.8, 4) is 0 Å². The van der Waals surface area contributed by atoms with Crippen LogP contribution >= 0.6 is 0 Å². The van der Waals surface area contributed by atoms with Gasteiger partial charge in [0, 0.05) is 0 Å². The van der Waals surface area contributed by atoms with Crippen LogP contribution in [0.4, 0.5) is 0 Å². The van der Waals surface area contributed by atoms with Gasteiger partial charge in [-0.05, 0) is 25.2 Å². The van der Waals surface area contributed by atoms with Crippen molar-refractivity contribution in [2.75, 3.05) is 0 Å². The van der Waals surface area contributed by atoms with Gasteiger partial charge < -0.3 is 10.2 Å². The lowest BCUT2D eigenvalue weighted by molar-refractivity contribution is -0.156. The third-order valence-electron chi connectivity index (χ3n) is 3.38. The Morgan fingerprint density at radius 2 is 1.73 bits per heavy atom. The van der Waals surface area contributed by atoms with Crippen molar-refractivity contribution in [2.45, 2.75) is 39.0 Å². The van der Waals surface area contributed by atoms with E-state index in [-0.39, 0.29) is 5.92 Å². The summed E-state index contributed by atoms with van der Waals surface area (Å²) in [4.78, 5) is 22.1. The van der Waals surface area contributed by atoms with Crippen molar-refractivity contribution in [1.82, 2.24) is 0 Å². The number of carbonyl (C=O) groups is 2. The SMILES string of the molecule is CCC(C(=O)O)C(C(=O)O)C1CCCC1. The topological polar surface area (TPSA) is 74.6 Å². The molecule has 2 unspecified atom stereocenters. The molecule has 0 radical (unpaired) electrons. The Morgan fingerprint density at radius 3 is 2.07 bits per heavy atom. The Balaban J connectivity index is 2.79. The first-order chi connectivity index (χ1) is 7.07. The highest BCUT2D eigenvalue weighted by Crippen LogP contribution is 2.36. The lowest BCUT2D eigenvalue weighted by atomic mass is 9.79. The van der Waals surface area contributed by atoms with Crippen molar-refractivity contribution in [3.05, 3.63) is 0 Å². The normalized spacial score (nSPS) is 21.1. The predicted octanol–water partition coefficient (Wildman–Crippen LogP) is 1.99. The summed E-state index contributed by atoms with van der Waals surface area (Å²) < 4.78 is 0. The quantitative estimate of drug-likeness (QED) is 0.733. The van der Waals surface area contributed by atoms with E-state index < -0.39 is 23.8 Å². The molecular weight excluding hydrogens is 196 g/mol. The molecule has 2 N–H and O–H groups in total. The smallest absolute Gasteiger partial charge is 0.307 e. The Morgan fingerprint density at radius 1 is 1.20 bits per heavy atom. The lowest BCUT2D eigenvalue weighted by Gasteiger charge is -2.24. The van der Waals surface area contributed by atoms with Crippen molar-refractivity contribution in [3.63, 3.8) is 0 Å². The van der Waals surface area contributed by atoms with E-state index in [0.29, 0.717) is 6.42 Å². The van der Waals surface area contributed by atoms with E-state index in [4.69, 9.17) is 10.2 Å². The first kappa shape index (κ1) is 12.0. The van der Waals surface area contributed by atoms with Gasteiger partial charge in [-0.2, -0.15) is 0 Å². The summed E-state index contributed by atoms with van der Waals surface area (Å²) >= 11 is 0. The van der Waals surface area contributed by atoms with E-state index in [1.807, 2.05) is 0 Å². The van der Waals surface area contributed by atoms with E-state index in [0.717, 1.165) is 25.7 Å². The van der Waals surface area contributed by atoms with Crippen LogP contribution in [0.15, 0.2) is 0 Å². The number of carboxylic acids is 2. The molecule has 0 bridgehead atoms. The highest BCUT2D eigenvalue weighted by Gasteiger charge is 2.39. The van der Waals surface area contributed by atoms with Crippen LogP contribution in [-0.4, -0.2) is 22.2 Å². The van der Waals surface area contributed by atoms with Gasteiger partial charge in [-0.15, -0.1) is 0 Å². The highest BCUT2D eigenvalue weighted by molar-refractivity contribution is 5.80. The lowest BCUT2D eigenvalue weighted by Crippen LogP contribution is -2.34. The molecule has 1 rings (SSSR count). The number of aliphatic carboxylic acids is 2. The highest BCUT2D eigenvalue weighted by atomic mass is 16.4. The molecule has 0 saturated heterocycles. The first-order valence-corrected chi connectivity index (χ1v) is 5.53. The van der Waals surface area contributed by atoms with Crippen molar-refractivity contribution in [2.24, 2.45) is 17.8 Å². The van der Waals surface area contributed by atoms with Crippen LogP contribution in [-0.2, 0) is 9.59 Å². The molecule has 1 aliphatic rings. The van der Waals surface area contributed by atoms with E-state index in [1.165, 1.54) is 0 Å². The van der Waals surface area contributed by atoms with Gasteiger partial charge in [0.25, 0.3) is 0 Å². The van der Waals surface area contributed by atoms with E-state index in [2.05, 4.69) is 0 Å². The molecule has 4 heteroatoms. The van der Waals surface area contributed by atoms with Crippen molar-refractivity contribution in [1.29, 1.82) is 0 Å². The van der Waals surface area contributed by atoms with Gasteiger partial charge in [-0.1, -0.05) is 19.8 Å². The van der Waals surface area contributed by atoms with Crippen LogP contribution in [0.5, 0.6) is 0 Å². The summed E-state index contributed by atoms with van der Waals surface area (Å²) in [6, 6.07) is 0. The third kappa shape index (κ3) is 2.70. The number of rotatable bonds is 5. The van der Waals surface area contributed by atoms with Gasteiger partial charge in [-0.3, -0.25) is 9.59 Å². The maximum atomic E-state index is 11.1. The number of hydrogen-bond acceptors (Lipinski definition) is 2. The van der Waals surface area contributed by atoms with Crippen molar-refractivity contribution >= 4 is 11.9 Å². The van der Waals surface area contributed by atoms with E-state index in [1.54, 1.807) is 6.92 Å². The Labute approximate surface area is 89.3 Å². The summed E-state index contributed by atoms with van der Waals surface area (Å²) in [5, 5.41) is 18.1. The molecule has 86 valence electrons. The maximum absolute atomic E-state index is 11.1. The molecular formula is C11H18O4. The molecule has 0 aromatic rings. The molecule has 1 aliphatic carbocycles. The molecule has 1 fully saturated rings. The van der Waals surface area contributed by atoms with Gasteiger partial charge in [0.05, 0.1) is 11.8 Å². The van der Waals surface area contributed by atoms with Gasteiger partial charge in [0.15, 0.2) is 0 Å². The summed E-state index contributed by atoms with van der Waals surface area (Å²) in [5.74, 6) is -3.29. The Hall–Kier alpha value is -1.06. The second-order valence-electron chi connectivity index (χ2n) is 4.26. The van der Waals surface area contributed by atoms with E-state index >= 15 is 0 Å². The fourth-order valence-corrected chi connectivity index (χ4v) is 2.60. The molecule has 0 aromatic heterocycles. The van der Waals surface area contributed by atoms with Gasteiger partial charge in [0.2, 0.25) is 0 Å². The molecule has 15 heavy (non-hydrogen) atoms. The molecule has 0 aliphatic heterocycles. The summed E-state index contributed by atoms with van der Waals surface area (Å²) in [6.45, 7) is 1.74. The molecule has 0 heterocycles. The number of carboxylic acid groups (broad SMARTS) is 2. The van der Waals surface area contributed by atoms with Gasteiger partial charge >= 0.3 is 11.9 Å². The minimum absolute atomic E-state index is 0.0588. The zero-order valence-electron chi connectivity index (χ0n) is 8.98. The first-order valence-electron chi connectivity index (χ1n) is 5.53. The second kappa shape index (κ2) is 5.14. The molecule has 0 spiro atoms. The molecule has 0 amide bonds. The van der Waals surface area contributed by atoms with Gasteiger partial charge in [-0.25, -0.2) is 0 Å². The molecule has 1 saturated carbocycles. The zero-order chi connectivity index (χ0) is 11.4. The molecule has 2 atom stereocenters. The Kier molecular flexibility index (Phi) is 4.12. The van der Waals surface area contributed by atoms with Crippen LogP contribution < -0.4 is 0 Å². The van der Waals surface area contributed by atoms with Crippen LogP contribution in [0.2, 0.25) is 0 Å². The maximum Gasteiger partial charge on any atom is 0.307 e. The van der Waals surface area contributed by atoms with E-state index in [9.17, 15) is 9.59 Å². The standard InChI is InChI=1S/C11H18O4/c1-2-8(10(12)13)9(11(14)15)7-5-3-4-6-7/h7-9H,2-6H2,1H3,(H,12,13)(H,14,15). The summed E-state index contributed by atoms with van der Waals surface area (Å²) in [6.07, 6.45) is 4.18. The zero-order valence-corrected chi connectivity index (χ0v) is 8.98. The third-order valence-corrected chi connectivity index (χ3v) is 3.38. The Bertz CT molecular complexity index is 243. The van der Waals surface area contributed by atoms with Crippen molar-refractivity contribution < 1.29 is 19.8 Å². The largest absolute Gasteiger partial charge is 0.481 e. The fourth-order valence-electron chi connectivity index (χ4n) is 2.60. The second-order valence-corrected chi connectivity index (χ2v) is 4.26. The van der Waals surface area contributed by atoms with Crippen LogP contribution in [0.25, 0.3) is 0 Å². The minimum Gasteiger partial charge on any atom is -0.481 e. The molecule has 4 nitrogen and oxygen atoms in total. The fraction of sp³-hybridized carbons (Fsp3) is 0.818. The number of hydrogen-bond donors (Lipinski definition) is 2. The molecule has 0 aromatic carbocycles. The van der Waals surface area contributed by atoms with Crippen LogP contribution in [0, 0.1) is 17.8 Å². The average molecular weight is 214 g/mol. The summed E-state index contributed by atoms with van der Waals surface area (Å²) in [5.41, 5.74) is 0. The van der Waals surface area contributed by atoms with Crippen LogP contribution in [0.1, 0.15) is 39.0 Å².